The van der Waals surface area contributed by atoms with Gasteiger partial charge in [0.15, 0.2) is 8.32 Å². The summed E-state index contributed by atoms with van der Waals surface area (Å²) < 4.78 is 6.83. The maximum Gasteiger partial charge on any atom is 0.192 e. The van der Waals surface area contributed by atoms with Crippen LogP contribution in [0, 0.1) is 23.2 Å². The molecule has 2 aliphatic rings. The molecule has 0 bridgehead atoms. The van der Waals surface area contributed by atoms with E-state index in [2.05, 4.69) is 47.7 Å². The molecule has 0 aromatic carbocycles. The predicted octanol–water partition coefficient (Wildman–Crippen LogP) is 5.43. The van der Waals surface area contributed by atoms with Crippen LogP contribution in [0.2, 0.25) is 18.1 Å². The van der Waals surface area contributed by atoms with Crippen LogP contribution >= 0.6 is 0 Å². The van der Waals surface area contributed by atoms with Gasteiger partial charge in [-0.3, -0.25) is 0 Å². The summed E-state index contributed by atoms with van der Waals surface area (Å²) >= 11 is 0. The molecule has 128 valence electrons. The molecule has 3 heteroatoms. The molecule has 22 heavy (non-hydrogen) atoms. The molecule has 2 unspecified atom stereocenters. The Hall–Kier alpha value is -0.153. The van der Waals surface area contributed by atoms with Crippen molar-refractivity contribution >= 4 is 14.6 Å². The van der Waals surface area contributed by atoms with Crippen LogP contribution in [0.25, 0.3) is 0 Å². The van der Waals surface area contributed by atoms with Crippen molar-refractivity contribution in [2.45, 2.75) is 91.0 Å². The van der Waals surface area contributed by atoms with E-state index in [1.54, 1.807) is 0 Å². The summed E-state index contributed by atoms with van der Waals surface area (Å²) in [6.45, 7) is 16.3. The third-order valence-corrected chi connectivity index (χ3v) is 11.7. The molecule has 0 radical (unpaired) electrons. The van der Waals surface area contributed by atoms with Gasteiger partial charge in [-0.15, -0.1) is 0 Å². The van der Waals surface area contributed by atoms with E-state index in [0.29, 0.717) is 23.4 Å². The quantitative estimate of drug-likeness (QED) is 0.509. The zero-order chi connectivity index (χ0) is 16.8. The lowest BCUT2D eigenvalue weighted by Crippen LogP contribution is -2.50. The van der Waals surface area contributed by atoms with E-state index in [9.17, 15) is 4.79 Å². The van der Waals surface area contributed by atoms with Crippen LogP contribution in [-0.2, 0) is 9.22 Å². The van der Waals surface area contributed by atoms with Crippen molar-refractivity contribution in [3.63, 3.8) is 0 Å². The van der Waals surface area contributed by atoms with Gasteiger partial charge < -0.3 is 9.22 Å². The molecule has 0 amide bonds. The molecular formula is C19H36O2Si. The van der Waals surface area contributed by atoms with Crippen molar-refractivity contribution in [1.29, 1.82) is 0 Å². The van der Waals surface area contributed by atoms with Crippen molar-refractivity contribution in [3.05, 3.63) is 0 Å². The van der Waals surface area contributed by atoms with Crippen molar-refractivity contribution in [1.82, 2.24) is 0 Å². The Morgan fingerprint density at radius 2 is 1.86 bits per heavy atom. The van der Waals surface area contributed by atoms with Crippen LogP contribution in [0.15, 0.2) is 0 Å². The van der Waals surface area contributed by atoms with Gasteiger partial charge in [-0.05, 0) is 61.1 Å². The molecule has 2 saturated carbocycles. The van der Waals surface area contributed by atoms with Crippen LogP contribution < -0.4 is 0 Å². The molecular weight excluding hydrogens is 288 g/mol. The van der Waals surface area contributed by atoms with Gasteiger partial charge in [0.05, 0.1) is 0 Å². The first-order chi connectivity index (χ1) is 10.0. The highest BCUT2D eigenvalue weighted by molar-refractivity contribution is 6.74. The molecule has 0 heterocycles. The first-order valence-corrected chi connectivity index (χ1v) is 12.1. The normalized spacial score (nSPS) is 37.7. The van der Waals surface area contributed by atoms with Gasteiger partial charge in [-0.25, -0.2) is 0 Å². The highest BCUT2D eigenvalue weighted by Crippen LogP contribution is 2.58. The molecule has 0 N–H and O–H groups in total. The molecule has 0 aromatic rings. The van der Waals surface area contributed by atoms with Crippen molar-refractivity contribution < 1.29 is 9.22 Å². The fraction of sp³-hybridized carbons (Fsp3) is 0.947. The minimum Gasteiger partial charge on any atom is -0.414 e. The summed E-state index contributed by atoms with van der Waals surface area (Å²) in [5.41, 5.74) is 0.311. The highest BCUT2D eigenvalue weighted by Gasteiger charge is 2.54. The minimum absolute atomic E-state index is 0.196. The minimum atomic E-state index is -1.71. The predicted molar refractivity (Wildman–Crippen MR) is 95.5 cm³/mol. The van der Waals surface area contributed by atoms with Gasteiger partial charge in [0, 0.05) is 12.0 Å². The Labute approximate surface area is 138 Å². The fourth-order valence-corrected chi connectivity index (χ4v) is 6.21. The summed E-state index contributed by atoms with van der Waals surface area (Å²) in [6, 6.07) is 0. The molecule has 5 atom stereocenters. The fourth-order valence-electron chi connectivity index (χ4n) is 4.81. The largest absolute Gasteiger partial charge is 0.414 e. The Bertz CT molecular complexity index is 412. The lowest BCUT2D eigenvalue weighted by atomic mass is 9.62. The third kappa shape index (κ3) is 3.08. The van der Waals surface area contributed by atoms with E-state index in [1.807, 2.05) is 0 Å². The van der Waals surface area contributed by atoms with Gasteiger partial charge in [0.25, 0.3) is 0 Å². The second-order valence-electron chi connectivity index (χ2n) is 9.60. The molecule has 0 aliphatic heterocycles. The second-order valence-corrected chi connectivity index (χ2v) is 14.4. The summed E-state index contributed by atoms with van der Waals surface area (Å²) in [5, 5.41) is 0.273. The van der Waals surface area contributed by atoms with Gasteiger partial charge >= 0.3 is 0 Å². The molecule has 2 nitrogen and oxygen atoms in total. The maximum atomic E-state index is 11.3. The summed E-state index contributed by atoms with van der Waals surface area (Å²) in [6.07, 6.45) is 7.80. The number of hydrogen-bond donors (Lipinski definition) is 0. The van der Waals surface area contributed by atoms with Gasteiger partial charge in [0.1, 0.15) is 6.29 Å². The number of rotatable bonds is 4. The highest BCUT2D eigenvalue weighted by atomic mass is 28.4. The van der Waals surface area contributed by atoms with E-state index < -0.39 is 8.32 Å². The Balaban J connectivity index is 2.18. The smallest absolute Gasteiger partial charge is 0.192 e. The molecule has 2 rings (SSSR count). The number of carbonyl (C=O) groups is 1. The first-order valence-electron chi connectivity index (χ1n) is 9.16. The first kappa shape index (κ1) is 18.2. The van der Waals surface area contributed by atoms with Crippen molar-refractivity contribution in [2.75, 3.05) is 0 Å². The maximum absolute atomic E-state index is 11.3. The van der Waals surface area contributed by atoms with E-state index in [4.69, 9.17) is 4.43 Å². The summed E-state index contributed by atoms with van der Waals surface area (Å²) in [4.78, 5) is 11.3. The second kappa shape index (κ2) is 6.05. The van der Waals surface area contributed by atoms with Gasteiger partial charge in [-0.1, -0.05) is 41.0 Å². The van der Waals surface area contributed by atoms with Crippen LogP contribution in [-0.4, -0.2) is 20.7 Å². The van der Waals surface area contributed by atoms with E-state index in [1.165, 1.54) is 38.4 Å². The number of hydrogen-bond acceptors (Lipinski definition) is 2. The number of carbonyl (C=O) groups excluding carboxylic acids is 1. The van der Waals surface area contributed by atoms with Crippen molar-refractivity contribution in [3.8, 4) is 0 Å². The number of fused-ring (bicyclic) bond motifs is 1. The van der Waals surface area contributed by atoms with Gasteiger partial charge in [0.2, 0.25) is 0 Å². The van der Waals surface area contributed by atoms with Crippen LogP contribution in [0.5, 0.6) is 0 Å². The average Bonchev–Trinajstić information content (AvgIpc) is 2.74. The van der Waals surface area contributed by atoms with E-state index in [0.717, 1.165) is 0 Å². The van der Waals surface area contributed by atoms with Crippen molar-refractivity contribution in [2.24, 2.45) is 23.2 Å². The topological polar surface area (TPSA) is 26.3 Å². The Morgan fingerprint density at radius 3 is 2.41 bits per heavy atom. The molecule has 0 aromatic heterocycles. The van der Waals surface area contributed by atoms with E-state index >= 15 is 0 Å². The Kier molecular flexibility index (Phi) is 5.00. The zero-order valence-corrected chi connectivity index (χ0v) is 16.7. The lowest BCUT2D eigenvalue weighted by Gasteiger charge is -2.49. The monoisotopic (exact) mass is 324 g/mol. The van der Waals surface area contributed by atoms with Crippen LogP contribution in [0.4, 0.5) is 0 Å². The molecule has 0 saturated heterocycles. The summed E-state index contributed by atoms with van der Waals surface area (Å²) in [7, 11) is -1.71. The molecule has 2 fully saturated rings. The lowest BCUT2D eigenvalue weighted by molar-refractivity contribution is -0.114. The number of aldehydes is 1. The Morgan fingerprint density at radius 1 is 1.23 bits per heavy atom. The third-order valence-electron chi connectivity index (χ3n) is 7.24. The van der Waals surface area contributed by atoms with Gasteiger partial charge in [-0.2, -0.15) is 0 Å². The average molecular weight is 325 g/mol. The standard InChI is InChI=1S/C19H36O2Si/c1-14(13-20)15-10-11-16-17(9-8-12-19(15,16)5)21-22(6,7)18(2,3)4/h13-17H,8-12H2,1-7H3/t14-,15?,16?,17-,19+/m0/s1. The molecule has 2 aliphatic carbocycles. The zero-order valence-electron chi connectivity index (χ0n) is 15.7. The summed E-state index contributed by atoms with van der Waals surface area (Å²) in [5.74, 6) is 1.41. The SMILES string of the molecule is C[C@@H](C=O)C1CCC2[C@@H](O[Si](C)(C)C(C)(C)C)CCC[C@@]21C. The molecule has 0 spiro atoms. The van der Waals surface area contributed by atoms with E-state index in [-0.39, 0.29) is 11.0 Å². The van der Waals surface area contributed by atoms with Crippen LogP contribution in [0.3, 0.4) is 0 Å². The van der Waals surface area contributed by atoms with Crippen LogP contribution in [0.1, 0.15) is 66.7 Å².